The largest absolute Gasteiger partial charge is 0.416 e. The summed E-state index contributed by atoms with van der Waals surface area (Å²) in [5.74, 6) is -0.774. The molecule has 0 heterocycles. The molecule has 0 aliphatic heterocycles. The van der Waals surface area contributed by atoms with Gasteiger partial charge in [0.1, 0.15) is 11.6 Å². The predicted molar refractivity (Wildman–Crippen MR) is 80.3 cm³/mol. The lowest BCUT2D eigenvalue weighted by atomic mass is 10.2. The van der Waals surface area contributed by atoms with Gasteiger partial charge in [0, 0.05) is 25.0 Å². The van der Waals surface area contributed by atoms with Crippen LogP contribution < -0.4 is 10.6 Å². The number of nitrogens with one attached hydrogen (secondary N) is 2. The van der Waals surface area contributed by atoms with Crippen molar-refractivity contribution in [1.82, 2.24) is 10.2 Å². The van der Waals surface area contributed by atoms with E-state index in [1.165, 1.54) is 18.3 Å². The third kappa shape index (κ3) is 6.40. The van der Waals surface area contributed by atoms with Crippen molar-refractivity contribution in [3.05, 3.63) is 41.6 Å². The van der Waals surface area contributed by atoms with Crippen LogP contribution in [0.5, 0.6) is 0 Å². The molecule has 2 N–H and O–H groups in total. The first kappa shape index (κ1) is 18.5. The van der Waals surface area contributed by atoms with Crippen LogP contribution in [-0.2, 0) is 11.0 Å². The molecule has 0 atom stereocenters. The fourth-order valence-corrected chi connectivity index (χ4v) is 1.58. The topological polar surface area (TPSA) is 68.2 Å². The number of amides is 1. The van der Waals surface area contributed by atoms with E-state index in [0.29, 0.717) is 13.1 Å². The second-order valence-corrected chi connectivity index (χ2v) is 4.96. The van der Waals surface area contributed by atoms with E-state index in [4.69, 9.17) is 5.26 Å². The molecular formula is C15H17F3N4O. The lowest BCUT2D eigenvalue weighted by molar-refractivity contribution is -0.137. The first-order valence-electron chi connectivity index (χ1n) is 6.71. The van der Waals surface area contributed by atoms with Crippen LogP contribution in [0.25, 0.3) is 0 Å². The van der Waals surface area contributed by atoms with Gasteiger partial charge in [-0.3, -0.25) is 4.79 Å². The number of likely N-dealkylation sites (N-methyl/N-ethyl adjacent to an activating group) is 1. The Kier molecular flexibility index (Phi) is 6.60. The monoisotopic (exact) mass is 326 g/mol. The van der Waals surface area contributed by atoms with Gasteiger partial charge in [0.05, 0.1) is 5.56 Å². The molecule has 0 aliphatic carbocycles. The molecule has 124 valence electrons. The highest BCUT2D eigenvalue weighted by molar-refractivity contribution is 6.06. The molecule has 23 heavy (non-hydrogen) atoms. The van der Waals surface area contributed by atoms with Crippen molar-refractivity contribution in [3.8, 4) is 6.07 Å². The minimum Gasteiger partial charge on any atom is -0.388 e. The predicted octanol–water partition coefficient (Wildman–Crippen LogP) is 2.20. The van der Waals surface area contributed by atoms with E-state index in [1.54, 1.807) is 6.07 Å². The summed E-state index contributed by atoms with van der Waals surface area (Å²) < 4.78 is 37.8. The summed E-state index contributed by atoms with van der Waals surface area (Å²) in [6.07, 6.45) is -3.26. The van der Waals surface area contributed by atoms with Gasteiger partial charge in [-0.1, -0.05) is 6.07 Å². The van der Waals surface area contributed by atoms with Gasteiger partial charge in [0.2, 0.25) is 0 Å². The van der Waals surface area contributed by atoms with Gasteiger partial charge in [0.25, 0.3) is 5.91 Å². The van der Waals surface area contributed by atoms with Crippen molar-refractivity contribution in [2.24, 2.45) is 0 Å². The van der Waals surface area contributed by atoms with Crippen molar-refractivity contribution in [2.45, 2.75) is 6.18 Å². The number of anilines is 1. The molecule has 1 aromatic rings. The highest BCUT2D eigenvalue weighted by Crippen LogP contribution is 2.30. The van der Waals surface area contributed by atoms with Gasteiger partial charge in [-0.05, 0) is 32.3 Å². The number of halogens is 3. The van der Waals surface area contributed by atoms with E-state index in [2.05, 4.69) is 10.6 Å². The lowest BCUT2D eigenvalue weighted by Gasteiger charge is -2.10. The molecule has 1 rings (SSSR count). The number of carbonyl (C=O) groups is 1. The molecule has 5 nitrogen and oxygen atoms in total. The van der Waals surface area contributed by atoms with Gasteiger partial charge in [-0.2, -0.15) is 18.4 Å². The summed E-state index contributed by atoms with van der Waals surface area (Å²) in [7, 11) is 3.74. The summed E-state index contributed by atoms with van der Waals surface area (Å²) in [5.41, 5.74) is -1.12. The van der Waals surface area contributed by atoms with Crippen LogP contribution in [-0.4, -0.2) is 38.0 Å². The quantitative estimate of drug-likeness (QED) is 0.478. The molecule has 0 aliphatic rings. The molecule has 0 saturated heterocycles. The van der Waals surface area contributed by atoms with Crippen LogP contribution in [0.1, 0.15) is 5.56 Å². The lowest BCUT2D eigenvalue weighted by Crippen LogP contribution is -2.24. The third-order valence-corrected chi connectivity index (χ3v) is 2.76. The fraction of sp³-hybridized carbons (Fsp3) is 0.333. The summed E-state index contributed by atoms with van der Waals surface area (Å²) in [4.78, 5) is 13.8. The van der Waals surface area contributed by atoms with E-state index in [0.717, 1.165) is 12.1 Å². The normalized spacial score (nSPS) is 12.0. The number of carbonyl (C=O) groups excluding carboxylic acids is 1. The third-order valence-electron chi connectivity index (χ3n) is 2.76. The Hall–Kier alpha value is -2.53. The number of hydrogen-bond donors (Lipinski definition) is 2. The second-order valence-electron chi connectivity index (χ2n) is 4.96. The number of nitrogens with zero attached hydrogens (tertiary/aromatic N) is 2. The maximum absolute atomic E-state index is 12.6. The number of hydrogen-bond acceptors (Lipinski definition) is 4. The second kappa shape index (κ2) is 8.19. The standard InChI is InChI=1S/C15H17F3N4O/c1-22(2)7-6-20-10-11(9-19)14(23)21-13-5-3-4-12(8-13)15(16,17)18/h3-5,8,10,20H,6-7H2,1-2H3,(H,21,23)/b11-10-. The van der Waals surface area contributed by atoms with E-state index in [9.17, 15) is 18.0 Å². The minimum atomic E-state index is -4.50. The molecule has 1 aromatic carbocycles. The van der Waals surface area contributed by atoms with Gasteiger partial charge in [0.15, 0.2) is 0 Å². The van der Waals surface area contributed by atoms with Crippen molar-refractivity contribution in [3.63, 3.8) is 0 Å². The summed E-state index contributed by atoms with van der Waals surface area (Å²) >= 11 is 0. The Balaban J connectivity index is 2.74. The first-order valence-corrected chi connectivity index (χ1v) is 6.71. The Morgan fingerprint density at radius 1 is 1.39 bits per heavy atom. The van der Waals surface area contributed by atoms with Gasteiger partial charge in [-0.25, -0.2) is 0 Å². The van der Waals surface area contributed by atoms with Crippen LogP contribution in [0.3, 0.4) is 0 Å². The van der Waals surface area contributed by atoms with E-state index >= 15 is 0 Å². The van der Waals surface area contributed by atoms with Gasteiger partial charge >= 0.3 is 6.18 Å². The Bertz CT molecular complexity index is 618. The Labute approximate surface area is 132 Å². The van der Waals surface area contributed by atoms with Crippen molar-refractivity contribution in [2.75, 3.05) is 32.5 Å². The Morgan fingerprint density at radius 3 is 2.65 bits per heavy atom. The molecule has 8 heteroatoms. The maximum atomic E-state index is 12.6. The number of alkyl halides is 3. The molecule has 0 bridgehead atoms. The van der Waals surface area contributed by atoms with Gasteiger partial charge < -0.3 is 15.5 Å². The van der Waals surface area contributed by atoms with E-state index < -0.39 is 17.6 Å². The average molecular weight is 326 g/mol. The van der Waals surface area contributed by atoms with E-state index in [-0.39, 0.29) is 11.3 Å². The molecule has 0 fully saturated rings. The molecule has 0 spiro atoms. The first-order chi connectivity index (χ1) is 10.7. The van der Waals surface area contributed by atoms with Crippen molar-refractivity contribution < 1.29 is 18.0 Å². The molecule has 0 radical (unpaired) electrons. The maximum Gasteiger partial charge on any atom is 0.416 e. The SMILES string of the molecule is CN(C)CCN/C=C(/C#N)C(=O)Nc1cccc(C(F)(F)F)c1. The van der Waals surface area contributed by atoms with Crippen LogP contribution in [0.4, 0.5) is 18.9 Å². The van der Waals surface area contributed by atoms with Crippen molar-refractivity contribution in [1.29, 1.82) is 5.26 Å². The number of benzene rings is 1. The smallest absolute Gasteiger partial charge is 0.388 e. The van der Waals surface area contributed by atoms with Gasteiger partial charge in [-0.15, -0.1) is 0 Å². The van der Waals surface area contributed by atoms with Crippen molar-refractivity contribution >= 4 is 11.6 Å². The minimum absolute atomic E-state index is 0.0285. The average Bonchev–Trinajstić information content (AvgIpc) is 2.46. The fourth-order valence-electron chi connectivity index (χ4n) is 1.58. The molecule has 0 saturated carbocycles. The summed E-state index contributed by atoms with van der Waals surface area (Å²) in [6.45, 7) is 1.22. The summed E-state index contributed by atoms with van der Waals surface area (Å²) in [6, 6.07) is 5.93. The molecular weight excluding hydrogens is 309 g/mol. The van der Waals surface area contributed by atoms with Crippen LogP contribution in [0.2, 0.25) is 0 Å². The van der Waals surface area contributed by atoms with Crippen LogP contribution in [0, 0.1) is 11.3 Å². The zero-order valence-electron chi connectivity index (χ0n) is 12.7. The highest BCUT2D eigenvalue weighted by Gasteiger charge is 2.30. The zero-order valence-corrected chi connectivity index (χ0v) is 12.7. The highest BCUT2D eigenvalue weighted by atomic mass is 19.4. The van der Waals surface area contributed by atoms with E-state index in [1.807, 2.05) is 19.0 Å². The molecule has 0 unspecified atom stereocenters. The Morgan fingerprint density at radius 2 is 2.09 bits per heavy atom. The number of nitriles is 1. The summed E-state index contributed by atoms with van der Waals surface area (Å²) in [5, 5.41) is 14.0. The van der Waals surface area contributed by atoms with Crippen LogP contribution in [0.15, 0.2) is 36.0 Å². The molecule has 1 amide bonds. The zero-order chi connectivity index (χ0) is 17.5. The molecule has 0 aromatic heterocycles. The number of rotatable bonds is 6. The van der Waals surface area contributed by atoms with Crippen LogP contribution >= 0.6 is 0 Å².